The van der Waals surface area contributed by atoms with Crippen molar-refractivity contribution in [3.8, 4) is 5.75 Å². The monoisotopic (exact) mass is 311 g/mol. The summed E-state index contributed by atoms with van der Waals surface area (Å²) in [7, 11) is 0. The molecule has 0 aliphatic heterocycles. The van der Waals surface area contributed by atoms with E-state index in [9.17, 15) is 27.1 Å². The van der Waals surface area contributed by atoms with E-state index in [1.54, 1.807) is 0 Å². The zero-order valence-electron chi connectivity index (χ0n) is 8.51. The highest BCUT2D eigenvalue weighted by atomic mass is 35.5. The second kappa shape index (κ2) is 5.46. The number of alkyl halides is 5. The van der Waals surface area contributed by atoms with Gasteiger partial charge < -0.3 is 10.8 Å². The number of hydrogen-bond donors (Lipinski definition) is 2. The summed E-state index contributed by atoms with van der Waals surface area (Å²) in [4.78, 5) is 0. The summed E-state index contributed by atoms with van der Waals surface area (Å²) < 4.78 is 62.0. The van der Waals surface area contributed by atoms with Gasteiger partial charge in [0.15, 0.2) is 0 Å². The number of hydrogen-bond acceptors (Lipinski definition) is 2. The molecule has 0 saturated heterocycles. The minimum absolute atomic E-state index is 0. The highest BCUT2D eigenvalue weighted by Crippen LogP contribution is 2.45. The normalized spacial score (nSPS) is 13.9. The molecule has 0 heterocycles. The molecule has 1 atom stereocenters. The topological polar surface area (TPSA) is 46.2 Å². The van der Waals surface area contributed by atoms with Crippen LogP contribution >= 0.6 is 24.0 Å². The molecule has 0 unspecified atom stereocenters. The van der Waals surface area contributed by atoms with Crippen LogP contribution in [-0.4, -0.2) is 17.2 Å². The minimum atomic E-state index is -5.80. The van der Waals surface area contributed by atoms with Crippen molar-refractivity contribution in [3.05, 3.63) is 28.8 Å². The number of phenolic OH excluding ortho intramolecular Hbond substituents is 1. The van der Waals surface area contributed by atoms with Crippen LogP contribution in [0.2, 0.25) is 5.02 Å². The Kier molecular flexibility index (Phi) is 5.22. The Morgan fingerprint density at radius 3 is 2.11 bits per heavy atom. The largest absolute Gasteiger partial charge is 0.506 e. The van der Waals surface area contributed by atoms with E-state index in [0.717, 1.165) is 18.2 Å². The third-order valence-electron chi connectivity index (χ3n) is 2.12. The van der Waals surface area contributed by atoms with Gasteiger partial charge in [-0.1, -0.05) is 23.7 Å². The molecule has 18 heavy (non-hydrogen) atoms. The fourth-order valence-electron chi connectivity index (χ4n) is 1.15. The zero-order chi connectivity index (χ0) is 13.4. The number of nitrogens with two attached hydrogens (primary N) is 1. The Morgan fingerprint density at radius 2 is 1.67 bits per heavy atom. The van der Waals surface area contributed by atoms with Gasteiger partial charge in [-0.2, -0.15) is 22.0 Å². The Hall–Kier alpha value is -0.790. The summed E-state index contributed by atoms with van der Waals surface area (Å²) in [6.07, 6.45) is -5.80. The molecule has 1 rings (SSSR count). The van der Waals surface area contributed by atoms with Crippen LogP contribution in [0.1, 0.15) is 11.6 Å². The van der Waals surface area contributed by atoms with Crippen molar-refractivity contribution < 1.29 is 27.1 Å². The van der Waals surface area contributed by atoms with E-state index in [4.69, 9.17) is 17.3 Å². The van der Waals surface area contributed by atoms with Gasteiger partial charge in [0.1, 0.15) is 11.8 Å². The fraction of sp³-hybridized carbons (Fsp3) is 0.333. The van der Waals surface area contributed by atoms with Gasteiger partial charge in [0.25, 0.3) is 0 Å². The second-order valence-electron chi connectivity index (χ2n) is 3.28. The molecular weight excluding hydrogens is 304 g/mol. The van der Waals surface area contributed by atoms with Crippen molar-refractivity contribution in [3.63, 3.8) is 0 Å². The zero-order valence-corrected chi connectivity index (χ0v) is 10.1. The van der Waals surface area contributed by atoms with Gasteiger partial charge in [0.05, 0.1) is 5.02 Å². The molecule has 1 aromatic carbocycles. The molecule has 0 aliphatic carbocycles. The Bertz CT molecular complexity index is 424. The molecule has 0 fully saturated rings. The molecule has 0 saturated carbocycles. The lowest BCUT2D eigenvalue weighted by atomic mass is 10.00. The first-order valence-electron chi connectivity index (χ1n) is 4.26. The lowest BCUT2D eigenvalue weighted by Crippen LogP contribution is -2.45. The van der Waals surface area contributed by atoms with Crippen molar-refractivity contribution in [2.75, 3.05) is 0 Å². The fourth-order valence-corrected chi connectivity index (χ4v) is 1.34. The highest BCUT2D eigenvalue weighted by molar-refractivity contribution is 6.32. The van der Waals surface area contributed by atoms with Gasteiger partial charge >= 0.3 is 12.1 Å². The lowest BCUT2D eigenvalue weighted by molar-refractivity contribution is -0.291. The average Bonchev–Trinajstić information content (AvgIpc) is 2.19. The predicted molar refractivity (Wildman–Crippen MR) is 58.3 cm³/mol. The third-order valence-corrected chi connectivity index (χ3v) is 2.43. The Morgan fingerprint density at radius 1 is 1.17 bits per heavy atom. The SMILES string of the molecule is Cl.N[C@H](c1cccc(Cl)c1O)C(F)(F)C(F)(F)F. The summed E-state index contributed by atoms with van der Waals surface area (Å²) in [6.45, 7) is 0. The number of halogens is 7. The van der Waals surface area contributed by atoms with E-state index in [1.165, 1.54) is 0 Å². The number of aromatic hydroxyl groups is 1. The van der Waals surface area contributed by atoms with Gasteiger partial charge in [-0.3, -0.25) is 0 Å². The minimum Gasteiger partial charge on any atom is -0.506 e. The van der Waals surface area contributed by atoms with E-state index >= 15 is 0 Å². The van der Waals surface area contributed by atoms with E-state index in [-0.39, 0.29) is 17.4 Å². The molecule has 104 valence electrons. The van der Waals surface area contributed by atoms with Crippen molar-refractivity contribution in [2.45, 2.75) is 18.1 Å². The van der Waals surface area contributed by atoms with E-state index < -0.39 is 29.5 Å². The summed E-state index contributed by atoms with van der Waals surface area (Å²) in [5.41, 5.74) is 4.08. The molecule has 0 aliphatic rings. The van der Waals surface area contributed by atoms with E-state index in [2.05, 4.69) is 0 Å². The van der Waals surface area contributed by atoms with Crippen LogP contribution in [0.15, 0.2) is 18.2 Å². The van der Waals surface area contributed by atoms with Crippen molar-refractivity contribution in [1.29, 1.82) is 0 Å². The molecular formula is C9H8Cl2F5NO. The van der Waals surface area contributed by atoms with Crippen molar-refractivity contribution >= 4 is 24.0 Å². The van der Waals surface area contributed by atoms with Crippen LogP contribution < -0.4 is 5.73 Å². The summed E-state index contributed by atoms with van der Waals surface area (Å²) >= 11 is 5.39. The van der Waals surface area contributed by atoms with E-state index in [0.29, 0.717) is 0 Å². The highest BCUT2D eigenvalue weighted by Gasteiger charge is 2.62. The van der Waals surface area contributed by atoms with E-state index in [1.807, 2.05) is 0 Å². The summed E-state index contributed by atoms with van der Waals surface area (Å²) in [6, 6.07) is 0.384. The third kappa shape index (κ3) is 2.96. The molecule has 3 N–H and O–H groups in total. The maximum Gasteiger partial charge on any atom is 0.455 e. The standard InChI is InChI=1S/C9H7ClF5NO.ClH/c10-5-3-1-2-4(6(5)17)7(16)8(11,12)9(13,14)15;/h1-3,7,17H,16H2;1H/t7-;/m1./s1. The van der Waals surface area contributed by atoms with Crippen molar-refractivity contribution in [1.82, 2.24) is 0 Å². The van der Waals surface area contributed by atoms with Gasteiger partial charge in [-0.05, 0) is 6.07 Å². The van der Waals surface area contributed by atoms with Crippen LogP contribution in [0, 0.1) is 0 Å². The first-order valence-corrected chi connectivity index (χ1v) is 4.64. The molecule has 0 amide bonds. The lowest BCUT2D eigenvalue weighted by Gasteiger charge is -2.26. The molecule has 0 aromatic heterocycles. The molecule has 0 radical (unpaired) electrons. The summed E-state index contributed by atoms with van der Waals surface area (Å²) in [5.74, 6) is -6.04. The van der Waals surface area contributed by atoms with Crippen LogP contribution in [0.5, 0.6) is 5.75 Å². The van der Waals surface area contributed by atoms with Gasteiger partial charge in [-0.25, -0.2) is 0 Å². The van der Waals surface area contributed by atoms with Crippen LogP contribution in [0.25, 0.3) is 0 Å². The van der Waals surface area contributed by atoms with Gasteiger partial charge in [0.2, 0.25) is 0 Å². The quantitative estimate of drug-likeness (QED) is 0.819. The van der Waals surface area contributed by atoms with Crippen molar-refractivity contribution in [2.24, 2.45) is 5.73 Å². The molecule has 1 aromatic rings. The Labute approximate surface area is 110 Å². The summed E-state index contributed by atoms with van der Waals surface area (Å²) in [5, 5.41) is 8.93. The van der Waals surface area contributed by atoms with Gasteiger partial charge in [0, 0.05) is 5.56 Å². The maximum atomic E-state index is 12.9. The van der Waals surface area contributed by atoms with Crippen LogP contribution in [0.3, 0.4) is 0 Å². The number of para-hydroxylation sites is 1. The predicted octanol–water partition coefficient (Wildman–Crippen LogP) is 3.66. The molecule has 0 bridgehead atoms. The number of rotatable bonds is 2. The first-order chi connectivity index (χ1) is 7.59. The number of phenols is 1. The molecule has 0 spiro atoms. The molecule has 2 nitrogen and oxygen atoms in total. The smallest absolute Gasteiger partial charge is 0.455 e. The van der Waals surface area contributed by atoms with Crippen LogP contribution in [0.4, 0.5) is 22.0 Å². The first kappa shape index (κ1) is 17.2. The molecule has 9 heteroatoms. The maximum absolute atomic E-state index is 12.9. The van der Waals surface area contributed by atoms with Crippen LogP contribution in [-0.2, 0) is 0 Å². The Balaban J connectivity index is 0.00000289. The van der Waals surface area contributed by atoms with Gasteiger partial charge in [-0.15, -0.1) is 12.4 Å². The number of benzene rings is 1. The second-order valence-corrected chi connectivity index (χ2v) is 3.68. The average molecular weight is 312 g/mol.